The van der Waals surface area contributed by atoms with E-state index in [4.69, 9.17) is 9.47 Å². The van der Waals surface area contributed by atoms with E-state index in [1.807, 2.05) is 43.3 Å². The molecule has 1 aliphatic rings. The molecular weight excluding hydrogens is 476 g/mol. The predicted molar refractivity (Wildman–Crippen MR) is 140 cm³/mol. The number of rotatable bonds is 6. The van der Waals surface area contributed by atoms with Crippen LogP contribution in [0.5, 0.6) is 11.5 Å². The molecule has 0 bridgehead atoms. The second-order valence-electron chi connectivity index (χ2n) is 9.86. The smallest absolute Gasteiger partial charge is 0.264 e. The Kier molecular flexibility index (Phi) is 7.00. The van der Waals surface area contributed by atoms with Crippen LogP contribution in [0.15, 0.2) is 77.7 Å². The number of fused-ring (bicyclic) bond motifs is 1. The minimum atomic E-state index is -3.94. The van der Waals surface area contributed by atoms with Gasteiger partial charge in [0.05, 0.1) is 30.3 Å². The quantitative estimate of drug-likeness (QED) is 0.516. The molecule has 7 nitrogen and oxygen atoms in total. The number of para-hydroxylation sites is 1. The fourth-order valence-corrected chi connectivity index (χ4v) is 5.70. The zero-order valence-corrected chi connectivity index (χ0v) is 22.0. The summed E-state index contributed by atoms with van der Waals surface area (Å²) in [4.78, 5) is 13.5. The van der Waals surface area contributed by atoms with Gasteiger partial charge in [-0.25, -0.2) is 8.42 Å². The zero-order chi connectivity index (χ0) is 26.1. The van der Waals surface area contributed by atoms with Gasteiger partial charge in [0.2, 0.25) is 0 Å². The molecule has 2 atom stereocenters. The van der Waals surface area contributed by atoms with E-state index in [1.54, 1.807) is 43.5 Å². The lowest BCUT2D eigenvalue weighted by molar-refractivity contribution is -0.128. The average Bonchev–Trinajstić information content (AvgIpc) is 2.87. The van der Waals surface area contributed by atoms with Crippen molar-refractivity contribution < 1.29 is 22.7 Å². The van der Waals surface area contributed by atoms with Gasteiger partial charge in [-0.05, 0) is 48.2 Å². The van der Waals surface area contributed by atoms with Crippen molar-refractivity contribution in [1.82, 2.24) is 5.32 Å². The molecule has 0 fully saturated rings. The average molecular weight is 509 g/mol. The summed E-state index contributed by atoms with van der Waals surface area (Å²) in [6.07, 6.45) is -1.03. The first-order valence-corrected chi connectivity index (χ1v) is 13.3. The molecule has 0 saturated carbocycles. The van der Waals surface area contributed by atoms with E-state index >= 15 is 0 Å². The monoisotopic (exact) mass is 508 g/mol. The lowest BCUT2D eigenvalue weighted by Gasteiger charge is -2.36. The largest absolute Gasteiger partial charge is 0.496 e. The molecule has 0 unspecified atom stereocenters. The molecular formula is C28H32N2O5S. The van der Waals surface area contributed by atoms with E-state index in [2.05, 4.69) is 26.1 Å². The highest BCUT2D eigenvalue weighted by molar-refractivity contribution is 7.92. The molecule has 0 aromatic heterocycles. The highest BCUT2D eigenvalue weighted by Gasteiger charge is 2.38. The number of sulfonamides is 1. The van der Waals surface area contributed by atoms with Crippen molar-refractivity contribution in [2.24, 2.45) is 0 Å². The Morgan fingerprint density at radius 1 is 1.06 bits per heavy atom. The third-order valence-electron chi connectivity index (χ3n) is 6.28. The molecule has 4 rings (SSSR count). The summed E-state index contributed by atoms with van der Waals surface area (Å²) >= 11 is 0. The fourth-order valence-electron chi connectivity index (χ4n) is 4.21. The van der Waals surface area contributed by atoms with E-state index < -0.39 is 22.0 Å². The number of methoxy groups -OCH3 is 1. The van der Waals surface area contributed by atoms with E-state index in [0.29, 0.717) is 17.2 Å². The van der Waals surface area contributed by atoms with E-state index in [9.17, 15) is 13.2 Å². The first kappa shape index (κ1) is 25.6. The van der Waals surface area contributed by atoms with Gasteiger partial charge in [0.15, 0.2) is 6.10 Å². The van der Waals surface area contributed by atoms with Crippen LogP contribution >= 0.6 is 0 Å². The van der Waals surface area contributed by atoms with Crippen LogP contribution in [-0.2, 0) is 20.2 Å². The molecule has 0 aliphatic carbocycles. The SMILES string of the molecule is COc1ccccc1[C@@H](C)NC(=O)[C@@H]1CN(S(=O)(=O)c2ccccc2)c2cc(C(C)(C)C)ccc2O1. The molecule has 0 saturated heterocycles. The number of nitrogens with one attached hydrogen (secondary N) is 1. The predicted octanol–water partition coefficient (Wildman–Crippen LogP) is 4.83. The number of hydrogen-bond acceptors (Lipinski definition) is 5. The molecule has 190 valence electrons. The van der Waals surface area contributed by atoms with Crippen LogP contribution in [0.25, 0.3) is 0 Å². The standard InChI is InChI=1S/C28H32N2O5S/c1-19(22-13-9-10-14-24(22)34-5)29-27(31)26-18-30(36(32,33)21-11-7-6-8-12-21)23-17-20(28(2,3)4)15-16-25(23)35-26/h6-17,19,26H,18H2,1-5H3,(H,29,31)/t19-,26+/m1/s1. The summed E-state index contributed by atoms with van der Waals surface area (Å²) in [6, 6.07) is 20.8. The van der Waals surface area contributed by atoms with Gasteiger partial charge in [0.1, 0.15) is 11.5 Å². The Bertz CT molecular complexity index is 1350. The van der Waals surface area contributed by atoms with E-state index in [1.165, 1.54) is 4.31 Å². The molecule has 1 aliphatic heterocycles. The topological polar surface area (TPSA) is 84.9 Å². The summed E-state index contributed by atoms with van der Waals surface area (Å²) in [5.74, 6) is 0.592. The van der Waals surface area contributed by atoms with Crippen molar-refractivity contribution in [3.8, 4) is 11.5 Å². The van der Waals surface area contributed by atoms with Crippen LogP contribution < -0.4 is 19.1 Å². The van der Waals surface area contributed by atoms with Crippen molar-refractivity contribution in [2.45, 2.75) is 50.2 Å². The van der Waals surface area contributed by atoms with Crippen molar-refractivity contribution in [3.05, 3.63) is 83.9 Å². The fraction of sp³-hybridized carbons (Fsp3) is 0.321. The van der Waals surface area contributed by atoms with E-state index in [0.717, 1.165) is 11.1 Å². The maximum atomic E-state index is 13.7. The highest BCUT2D eigenvalue weighted by atomic mass is 32.2. The Hall–Kier alpha value is -3.52. The molecule has 8 heteroatoms. The lowest BCUT2D eigenvalue weighted by atomic mass is 9.86. The number of carbonyl (C=O) groups is 1. The van der Waals surface area contributed by atoms with Gasteiger partial charge in [0.25, 0.3) is 15.9 Å². The number of benzene rings is 3. The normalized spacial score (nSPS) is 16.5. The van der Waals surface area contributed by atoms with Crippen LogP contribution in [0.1, 0.15) is 44.9 Å². The zero-order valence-electron chi connectivity index (χ0n) is 21.2. The van der Waals surface area contributed by atoms with Gasteiger partial charge in [0, 0.05) is 5.56 Å². The number of ether oxygens (including phenoxy) is 2. The summed E-state index contributed by atoms with van der Waals surface area (Å²) in [7, 11) is -2.37. The molecule has 1 amide bonds. The number of carbonyl (C=O) groups excluding carboxylic acids is 1. The van der Waals surface area contributed by atoms with Gasteiger partial charge in [-0.3, -0.25) is 9.10 Å². The van der Waals surface area contributed by atoms with Gasteiger partial charge >= 0.3 is 0 Å². The number of nitrogens with zero attached hydrogens (tertiary/aromatic N) is 1. The van der Waals surface area contributed by atoms with Crippen LogP contribution in [0, 0.1) is 0 Å². The van der Waals surface area contributed by atoms with Gasteiger partial charge < -0.3 is 14.8 Å². The minimum absolute atomic E-state index is 0.150. The number of anilines is 1. The summed E-state index contributed by atoms with van der Waals surface area (Å²) in [5, 5.41) is 2.95. The van der Waals surface area contributed by atoms with Crippen molar-refractivity contribution in [1.29, 1.82) is 0 Å². The Morgan fingerprint density at radius 3 is 2.39 bits per heavy atom. The van der Waals surface area contributed by atoms with Crippen LogP contribution in [-0.4, -0.2) is 34.1 Å². The first-order chi connectivity index (χ1) is 17.0. The maximum absolute atomic E-state index is 13.7. The van der Waals surface area contributed by atoms with Crippen LogP contribution in [0.2, 0.25) is 0 Å². The maximum Gasteiger partial charge on any atom is 0.264 e. The minimum Gasteiger partial charge on any atom is -0.496 e. The van der Waals surface area contributed by atoms with E-state index in [-0.39, 0.29) is 22.9 Å². The third-order valence-corrected chi connectivity index (χ3v) is 8.08. The lowest BCUT2D eigenvalue weighted by Crippen LogP contribution is -2.51. The molecule has 3 aromatic carbocycles. The summed E-state index contributed by atoms with van der Waals surface area (Å²) in [6.45, 7) is 7.88. The van der Waals surface area contributed by atoms with Crippen LogP contribution in [0.3, 0.4) is 0 Å². The number of amides is 1. The van der Waals surface area contributed by atoms with Gasteiger partial charge in [-0.15, -0.1) is 0 Å². The van der Waals surface area contributed by atoms with Gasteiger partial charge in [-0.1, -0.05) is 63.2 Å². The molecule has 0 spiro atoms. The third kappa shape index (κ3) is 5.04. The van der Waals surface area contributed by atoms with Crippen molar-refractivity contribution in [2.75, 3.05) is 18.0 Å². The van der Waals surface area contributed by atoms with Gasteiger partial charge in [-0.2, -0.15) is 0 Å². The second-order valence-corrected chi connectivity index (χ2v) is 11.7. The number of hydrogen-bond donors (Lipinski definition) is 1. The molecule has 3 aromatic rings. The Balaban J connectivity index is 1.69. The Labute approximate surface area is 213 Å². The Morgan fingerprint density at radius 2 is 1.72 bits per heavy atom. The molecule has 1 N–H and O–H groups in total. The molecule has 0 radical (unpaired) electrons. The summed E-state index contributed by atoms with van der Waals surface area (Å²) < 4.78 is 40.2. The first-order valence-electron chi connectivity index (χ1n) is 11.8. The molecule has 36 heavy (non-hydrogen) atoms. The highest BCUT2D eigenvalue weighted by Crippen LogP contribution is 2.40. The van der Waals surface area contributed by atoms with Crippen molar-refractivity contribution in [3.63, 3.8) is 0 Å². The van der Waals surface area contributed by atoms with Crippen LogP contribution in [0.4, 0.5) is 5.69 Å². The summed E-state index contributed by atoms with van der Waals surface area (Å²) in [5.41, 5.74) is 2.00. The second kappa shape index (κ2) is 9.85. The molecule has 1 heterocycles. The van der Waals surface area contributed by atoms with Crippen molar-refractivity contribution >= 4 is 21.6 Å².